The van der Waals surface area contributed by atoms with E-state index in [1.54, 1.807) is 6.20 Å². The molecule has 0 spiro atoms. The van der Waals surface area contributed by atoms with Gasteiger partial charge in [0.1, 0.15) is 0 Å². The van der Waals surface area contributed by atoms with E-state index in [9.17, 15) is 4.79 Å². The molecule has 0 unspecified atom stereocenters. The molecule has 0 aliphatic heterocycles. The van der Waals surface area contributed by atoms with Crippen LogP contribution in [-0.2, 0) is 6.42 Å². The van der Waals surface area contributed by atoms with Crippen LogP contribution in [0.2, 0.25) is 0 Å². The summed E-state index contributed by atoms with van der Waals surface area (Å²) in [5, 5.41) is 8.35. The third-order valence-electron chi connectivity index (χ3n) is 1.91. The topological polar surface area (TPSA) is 56.6 Å². The molecule has 0 bridgehead atoms. The highest BCUT2D eigenvalue weighted by molar-refractivity contribution is 5.75. The maximum Gasteiger partial charge on any atom is 0.166 e. The Hall–Kier alpha value is -1.56. The Bertz CT molecular complexity index is 320. The predicted octanol–water partition coefficient (Wildman–Crippen LogP) is 1.59. The minimum atomic E-state index is 0.497. The van der Waals surface area contributed by atoms with E-state index in [-0.39, 0.29) is 0 Å². The molecule has 0 amide bonds. The van der Waals surface area contributed by atoms with Gasteiger partial charge < -0.3 is 4.98 Å². The van der Waals surface area contributed by atoms with Crippen molar-refractivity contribution < 1.29 is 4.79 Å². The standard InChI is InChI=1S/C9H10N2O/c1-7-8(3-2-4-10)5-11-9(7)6-12/h5-6,11H,2-3H2,1H3. The van der Waals surface area contributed by atoms with Crippen LogP contribution in [0, 0.1) is 18.3 Å². The molecule has 0 fully saturated rings. The zero-order chi connectivity index (χ0) is 8.97. The van der Waals surface area contributed by atoms with Crippen molar-refractivity contribution >= 4 is 6.29 Å². The second-order valence-corrected chi connectivity index (χ2v) is 2.63. The Morgan fingerprint density at radius 3 is 3.00 bits per heavy atom. The van der Waals surface area contributed by atoms with Crippen LogP contribution in [0.3, 0.4) is 0 Å². The van der Waals surface area contributed by atoms with E-state index in [4.69, 9.17) is 5.26 Å². The van der Waals surface area contributed by atoms with Gasteiger partial charge in [0.15, 0.2) is 6.29 Å². The van der Waals surface area contributed by atoms with Gasteiger partial charge in [0.25, 0.3) is 0 Å². The first-order valence-electron chi connectivity index (χ1n) is 3.78. The van der Waals surface area contributed by atoms with Crippen LogP contribution in [0.15, 0.2) is 6.20 Å². The molecule has 3 heteroatoms. The average Bonchev–Trinajstić information content (AvgIpc) is 2.43. The molecule has 1 rings (SSSR count). The lowest BCUT2D eigenvalue weighted by molar-refractivity contribution is 0.111. The Kier molecular flexibility index (Phi) is 2.65. The lowest BCUT2D eigenvalue weighted by Gasteiger charge is -1.93. The molecule has 62 valence electrons. The molecule has 1 aromatic rings. The molecule has 1 heterocycles. The number of nitrogens with one attached hydrogen (secondary N) is 1. The largest absolute Gasteiger partial charge is 0.359 e. The third kappa shape index (κ3) is 1.54. The summed E-state index contributed by atoms with van der Waals surface area (Å²) in [5.74, 6) is 0. The molecule has 0 saturated heterocycles. The van der Waals surface area contributed by atoms with Gasteiger partial charge in [0.05, 0.1) is 11.8 Å². The fraction of sp³-hybridized carbons (Fsp3) is 0.333. The zero-order valence-electron chi connectivity index (χ0n) is 6.92. The number of carbonyl (C=O) groups is 1. The Morgan fingerprint density at radius 1 is 1.75 bits per heavy atom. The van der Waals surface area contributed by atoms with Gasteiger partial charge in [0.2, 0.25) is 0 Å². The number of carbonyl (C=O) groups excluding carboxylic acids is 1. The molecule has 0 aliphatic carbocycles. The number of aromatic nitrogens is 1. The Labute approximate surface area is 71.0 Å². The van der Waals surface area contributed by atoms with E-state index in [2.05, 4.69) is 11.1 Å². The lowest BCUT2D eigenvalue weighted by atomic mass is 10.1. The maximum atomic E-state index is 10.4. The van der Waals surface area contributed by atoms with E-state index >= 15 is 0 Å². The van der Waals surface area contributed by atoms with E-state index in [1.807, 2.05) is 6.92 Å². The van der Waals surface area contributed by atoms with Gasteiger partial charge in [0, 0.05) is 12.6 Å². The summed E-state index contributed by atoms with van der Waals surface area (Å²) in [7, 11) is 0. The van der Waals surface area contributed by atoms with Gasteiger partial charge >= 0.3 is 0 Å². The van der Waals surface area contributed by atoms with Crippen LogP contribution in [0.25, 0.3) is 0 Å². The van der Waals surface area contributed by atoms with E-state index in [1.165, 1.54) is 0 Å². The molecular formula is C9H10N2O. The fourth-order valence-electron chi connectivity index (χ4n) is 1.13. The first kappa shape index (κ1) is 8.54. The van der Waals surface area contributed by atoms with Gasteiger partial charge in [-0.25, -0.2) is 0 Å². The minimum absolute atomic E-state index is 0.497. The molecular weight excluding hydrogens is 152 g/mol. The first-order chi connectivity index (χ1) is 5.79. The van der Waals surface area contributed by atoms with Crippen LogP contribution in [0.4, 0.5) is 0 Å². The fourth-order valence-corrected chi connectivity index (χ4v) is 1.13. The summed E-state index contributed by atoms with van der Waals surface area (Å²) in [6.07, 6.45) is 3.80. The van der Waals surface area contributed by atoms with Crippen molar-refractivity contribution in [2.45, 2.75) is 19.8 Å². The molecule has 12 heavy (non-hydrogen) atoms. The van der Waals surface area contributed by atoms with Crippen LogP contribution in [0.1, 0.15) is 28.0 Å². The first-order valence-corrected chi connectivity index (χ1v) is 3.78. The number of nitrogens with zero attached hydrogens (tertiary/aromatic N) is 1. The van der Waals surface area contributed by atoms with Crippen LogP contribution >= 0.6 is 0 Å². The van der Waals surface area contributed by atoms with Gasteiger partial charge in [-0.15, -0.1) is 0 Å². The van der Waals surface area contributed by atoms with Gasteiger partial charge in [-0.1, -0.05) is 0 Å². The normalized spacial score (nSPS) is 9.33. The highest BCUT2D eigenvalue weighted by atomic mass is 16.1. The molecule has 0 radical (unpaired) electrons. The number of nitriles is 1. The van der Waals surface area contributed by atoms with Crippen molar-refractivity contribution in [3.05, 3.63) is 23.0 Å². The highest BCUT2D eigenvalue weighted by Crippen LogP contribution is 2.12. The van der Waals surface area contributed by atoms with Crippen molar-refractivity contribution in [2.75, 3.05) is 0 Å². The molecule has 1 N–H and O–H groups in total. The van der Waals surface area contributed by atoms with Crippen molar-refractivity contribution in [3.63, 3.8) is 0 Å². The number of hydrogen-bond donors (Lipinski definition) is 1. The van der Waals surface area contributed by atoms with E-state index in [0.717, 1.165) is 17.4 Å². The van der Waals surface area contributed by atoms with Crippen molar-refractivity contribution in [1.82, 2.24) is 4.98 Å². The average molecular weight is 162 g/mol. The minimum Gasteiger partial charge on any atom is -0.359 e. The quantitative estimate of drug-likeness (QED) is 0.686. The molecule has 3 nitrogen and oxygen atoms in total. The molecule has 0 aromatic carbocycles. The Morgan fingerprint density at radius 2 is 2.50 bits per heavy atom. The van der Waals surface area contributed by atoms with Gasteiger partial charge in [-0.05, 0) is 24.5 Å². The van der Waals surface area contributed by atoms with Gasteiger partial charge in [-0.3, -0.25) is 4.79 Å². The monoisotopic (exact) mass is 162 g/mol. The summed E-state index contributed by atoms with van der Waals surface area (Å²) < 4.78 is 0. The van der Waals surface area contributed by atoms with Crippen molar-refractivity contribution in [1.29, 1.82) is 5.26 Å². The SMILES string of the molecule is Cc1c(CCC#N)c[nH]c1C=O. The predicted molar refractivity (Wildman–Crippen MR) is 44.9 cm³/mol. The number of H-pyrrole nitrogens is 1. The van der Waals surface area contributed by atoms with Crippen LogP contribution < -0.4 is 0 Å². The number of aromatic amines is 1. The highest BCUT2D eigenvalue weighted by Gasteiger charge is 2.04. The molecule has 0 atom stereocenters. The summed E-state index contributed by atoms with van der Waals surface area (Å²) in [6, 6.07) is 2.07. The van der Waals surface area contributed by atoms with Crippen molar-refractivity contribution in [2.24, 2.45) is 0 Å². The number of hydrogen-bond acceptors (Lipinski definition) is 2. The summed E-state index contributed by atoms with van der Waals surface area (Å²) in [6.45, 7) is 1.88. The lowest BCUT2D eigenvalue weighted by Crippen LogP contribution is -1.86. The molecule has 0 saturated carbocycles. The summed E-state index contributed by atoms with van der Waals surface area (Å²) in [5.41, 5.74) is 2.63. The Balaban J connectivity index is 2.81. The smallest absolute Gasteiger partial charge is 0.166 e. The molecule has 0 aliphatic rings. The second-order valence-electron chi connectivity index (χ2n) is 2.63. The number of aldehydes is 1. The van der Waals surface area contributed by atoms with Gasteiger partial charge in [-0.2, -0.15) is 5.26 Å². The second kappa shape index (κ2) is 3.72. The maximum absolute atomic E-state index is 10.4. The van der Waals surface area contributed by atoms with Crippen molar-refractivity contribution in [3.8, 4) is 6.07 Å². The van der Waals surface area contributed by atoms with Crippen LogP contribution in [0.5, 0.6) is 0 Å². The summed E-state index contributed by atoms with van der Waals surface area (Å²) in [4.78, 5) is 13.3. The molecule has 1 aromatic heterocycles. The summed E-state index contributed by atoms with van der Waals surface area (Å²) >= 11 is 0. The number of aryl methyl sites for hydroxylation is 1. The van der Waals surface area contributed by atoms with E-state index < -0.39 is 0 Å². The van der Waals surface area contributed by atoms with E-state index in [0.29, 0.717) is 18.5 Å². The number of rotatable bonds is 3. The van der Waals surface area contributed by atoms with Crippen LogP contribution in [-0.4, -0.2) is 11.3 Å². The third-order valence-corrected chi connectivity index (χ3v) is 1.91. The zero-order valence-corrected chi connectivity index (χ0v) is 6.92.